The zero-order valence-electron chi connectivity index (χ0n) is 11.7. The quantitative estimate of drug-likeness (QED) is 0.852. The molecule has 1 aromatic heterocycles. The summed E-state index contributed by atoms with van der Waals surface area (Å²) in [5.41, 5.74) is 1.80. The zero-order chi connectivity index (χ0) is 15.0. The van der Waals surface area contributed by atoms with Gasteiger partial charge >= 0.3 is 6.09 Å². The number of carbonyl (C=O) groups excluding carboxylic acids is 1. The fraction of sp³-hybridized carbons (Fsp3) is 0.267. The first-order valence-corrected chi connectivity index (χ1v) is 7.32. The molecule has 1 fully saturated rings. The highest BCUT2D eigenvalue weighted by Gasteiger charge is 2.42. The van der Waals surface area contributed by atoms with Gasteiger partial charge in [0.05, 0.1) is 22.9 Å². The number of benzene rings is 1. The fourth-order valence-electron chi connectivity index (χ4n) is 2.20. The lowest BCUT2D eigenvalue weighted by Gasteiger charge is -2.24. The standard InChI is InChI=1S/C15H13N3O2S/c1-15(2)9-20-14(19)18(15)13-17-12(8-21-13)11-5-3-4-10(6-11)7-16/h3-6,8H,9H2,1-2H3. The smallest absolute Gasteiger partial charge is 0.416 e. The minimum absolute atomic E-state index is 0.352. The van der Waals surface area contributed by atoms with Gasteiger partial charge in [-0.3, -0.25) is 0 Å². The number of hydrogen-bond donors (Lipinski definition) is 0. The van der Waals surface area contributed by atoms with E-state index in [4.69, 9.17) is 10.00 Å². The lowest BCUT2D eigenvalue weighted by Crippen LogP contribution is -2.42. The molecule has 0 bridgehead atoms. The topological polar surface area (TPSA) is 66.2 Å². The molecule has 0 radical (unpaired) electrons. The van der Waals surface area contributed by atoms with Crippen LogP contribution < -0.4 is 4.90 Å². The number of thiazole rings is 1. The van der Waals surface area contributed by atoms with Gasteiger partial charge in [0, 0.05) is 10.9 Å². The van der Waals surface area contributed by atoms with Gasteiger partial charge in [-0.2, -0.15) is 5.26 Å². The minimum Gasteiger partial charge on any atom is -0.447 e. The van der Waals surface area contributed by atoms with E-state index in [0.29, 0.717) is 17.3 Å². The molecular weight excluding hydrogens is 286 g/mol. The first kappa shape index (κ1) is 13.6. The van der Waals surface area contributed by atoms with Gasteiger partial charge in [0.1, 0.15) is 6.61 Å². The van der Waals surface area contributed by atoms with Crippen LogP contribution in [0.25, 0.3) is 11.3 Å². The third-order valence-electron chi connectivity index (χ3n) is 3.31. The van der Waals surface area contributed by atoms with Crippen LogP contribution in [0.15, 0.2) is 29.6 Å². The fourth-order valence-corrected chi connectivity index (χ4v) is 3.18. The SMILES string of the molecule is CC1(C)COC(=O)N1c1nc(-c2cccc(C#N)c2)cs1. The molecule has 106 valence electrons. The molecule has 0 spiro atoms. The van der Waals surface area contributed by atoms with Gasteiger partial charge < -0.3 is 4.74 Å². The van der Waals surface area contributed by atoms with Crippen molar-refractivity contribution in [3.05, 3.63) is 35.2 Å². The van der Waals surface area contributed by atoms with E-state index >= 15 is 0 Å². The molecule has 1 saturated heterocycles. The molecule has 1 aliphatic rings. The van der Waals surface area contributed by atoms with Crippen molar-refractivity contribution in [3.63, 3.8) is 0 Å². The second-order valence-corrected chi connectivity index (χ2v) is 6.25. The first-order chi connectivity index (χ1) is 10.0. The number of carbonyl (C=O) groups is 1. The van der Waals surface area contributed by atoms with E-state index in [9.17, 15) is 4.79 Å². The number of amides is 1. The summed E-state index contributed by atoms with van der Waals surface area (Å²) in [6.45, 7) is 4.23. The Morgan fingerprint density at radius 2 is 2.29 bits per heavy atom. The molecule has 0 saturated carbocycles. The molecule has 0 unspecified atom stereocenters. The average Bonchev–Trinajstić information content (AvgIpc) is 3.04. The summed E-state index contributed by atoms with van der Waals surface area (Å²) in [6.07, 6.45) is -0.369. The normalized spacial score (nSPS) is 16.6. The molecule has 3 rings (SSSR count). The van der Waals surface area contributed by atoms with Crippen molar-refractivity contribution in [2.24, 2.45) is 0 Å². The molecule has 6 heteroatoms. The molecule has 2 aromatic rings. The predicted molar refractivity (Wildman–Crippen MR) is 80.2 cm³/mol. The second kappa shape index (κ2) is 4.86. The second-order valence-electron chi connectivity index (χ2n) is 5.41. The van der Waals surface area contributed by atoms with Gasteiger partial charge in [0.2, 0.25) is 0 Å². The van der Waals surface area contributed by atoms with Crippen LogP contribution >= 0.6 is 11.3 Å². The van der Waals surface area contributed by atoms with E-state index in [1.54, 1.807) is 17.0 Å². The Kier molecular flexibility index (Phi) is 3.15. The van der Waals surface area contributed by atoms with Crippen molar-refractivity contribution in [2.45, 2.75) is 19.4 Å². The lowest BCUT2D eigenvalue weighted by molar-refractivity contribution is 0.175. The molecule has 0 N–H and O–H groups in total. The Morgan fingerprint density at radius 1 is 1.48 bits per heavy atom. The van der Waals surface area contributed by atoms with Crippen molar-refractivity contribution in [1.82, 2.24) is 4.98 Å². The number of nitriles is 1. The van der Waals surface area contributed by atoms with Crippen molar-refractivity contribution in [1.29, 1.82) is 5.26 Å². The number of anilines is 1. The highest BCUT2D eigenvalue weighted by atomic mass is 32.1. The molecule has 1 aliphatic heterocycles. The van der Waals surface area contributed by atoms with E-state index < -0.39 is 5.54 Å². The van der Waals surface area contributed by atoms with Crippen LogP contribution in [-0.4, -0.2) is 23.2 Å². The molecule has 0 aliphatic carbocycles. The molecule has 1 amide bonds. The van der Waals surface area contributed by atoms with Gasteiger partial charge in [-0.1, -0.05) is 12.1 Å². The van der Waals surface area contributed by atoms with E-state index in [2.05, 4.69) is 11.1 Å². The number of hydrogen-bond acceptors (Lipinski definition) is 5. The number of aromatic nitrogens is 1. The summed E-state index contributed by atoms with van der Waals surface area (Å²) < 4.78 is 5.10. The van der Waals surface area contributed by atoms with Crippen LogP contribution in [0.1, 0.15) is 19.4 Å². The molecule has 0 atom stereocenters. The number of rotatable bonds is 2. The summed E-state index contributed by atoms with van der Waals surface area (Å²) in [5, 5.41) is 11.4. The molecule has 21 heavy (non-hydrogen) atoms. The van der Waals surface area contributed by atoms with Gasteiger partial charge in [-0.15, -0.1) is 11.3 Å². The van der Waals surface area contributed by atoms with Gasteiger partial charge in [-0.05, 0) is 26.0 Å². The minimum atomic E-state index is -0.402. The highest BCUT2D eigenvalue weighted by molar-refractivity contribution is 7.14. The molecule has 2 heterocycles. The van der Waals surface area contributed by atoms with Crippen molar-refractivity contribution in [3.8, 4) is 17.3 Å². The third kappa shape index (κ3) is 2.36. The molecular formula is C15H13N3O2S. The van der Waals surface area contributed by atoms with E-state index in [0.717, 1.165) is 11.3 Å². The van der Waals surface area contributed by atoms with Crippen LogP contribution in [-0.2, 0) is 4.74 Å². The van der Waals surface area contributed by atoms with E-state index in [-0.39, 0.29) is 6.09 Å². The predicted octanol–water partition coefficient (Wildman–Crippen LogP) is 3.42. The van der Waals surface area contributed by atoms with E-state index in [1.807, 2.05) is 31.4 Å². The van der Waals surface area contributed by atoms with Crippen LogP contribution in [0.5, 0.6) is 0 Å². The largest absolute Gasteiger partial charge is 0.447 e. The first-order valence-electron chi connectivity index (χ1n) is 6.44. The van der Waals surface area contributed by atoms with Crippen molar-refractivity contribution in [2.75, 3.05) is 11.5 Å². The van der Waals surface area contributed by atoms with Crippen LogP contribution in [0.2, 0.25) is 0 Å². The van der Waals surface area contributed by atoms with Crippen LogP contribution in [0.4, 0.5) is 9.93 Å². The van der Waals surface area contributed by atoms with Crippen LogP contribution in [0.3, 0.4) is 0 Å². The Balaban J connectivity index is 1.97. The maximum absolute atomic E-state index is 11.9. The molecule has 5 nitrogen and oxygen atoms in total. The Morgan fingerprint density at radius 3 is 2.95 bits per heavy atom. The average molecular weight is 299 g/mol. The number of nitrogens with zero attached hydrogens (tertiary/aromatic N) is 3. The zero-order valence-corrected chi connectivity index (χ0v) is 12.5. The Labute approximate surface area is 126 Å². The van der Waals surface area contributed by atoms with Crippen molar-refractivity contribution >= 4 is 22.6 Å². The molecule has 1 aromatic carbocycles. The number of ether oxygens (including phenoxy) is 1. The third-order valence-corrected chi connectivity index (χ3v) is 4.13. The van der Waals surface area contributed by atoms with Crippen molar-refractivity contribution < 1.29 is 9.53 Å². The van der Waals surface area contributed by atoms with Crippen LogP contribution in [0, 0.1) is 11.3 Å². The summed E-state index contributed by atoms with van der Waals surface area (Å²) in [6, 6.07) is 9.36. The summed E-state index contributed by atoms with van der Waals surface area (Å²) in [5.74, 6) is 0. The summed E-state index contributed by atoms with van der Waals surface area (Å²) in [4.78, 5) is 18.0. The van der Waals surface area contributed by atoms with E-state index in [1.165, 1.54) is 11.3 Å². The Bertz CT molecular complexity index is 745. The number of cyclic esters (lactones) is 1. The lowest BCUT2D eigenvalue weighted by atomic mass is 10.1. The van der Waals surface area contributed by atoms with Gasteiger partial charge in [0.15, 0.2) is 5.13 Å². The summed E-state index contributed by atoms with van der Waals surface area (Å²) >= 11 is 1.39. The maximum atomic E-state index is 11.9. The highest BCUT2D eigenvalue weighted by Crippen LogP contribution is 2.35. The monoisotopic (exact) mass is 299 g/mol. The summed E-state index contributed by atoms with van der Waals surface area (Å²) in [7, 11) is 0. The van der Waals surface area contributed by atoms with Gasteiger partial charge in [0.25, 0.3) is 0 Å². The maximum Gasteiger partial charge on any atom is 0.416 e. The Hall–Kier alpha value is -2.39. The van der Waals surface area contributed by atoms with Gasteiger partial charge in [-0.25, -0.2) is 14.7 Å².